The molecule has 0 aliphatic carbocycles. The van der Waals surface area contributed by atoms with E-state index in [1.54, 1.807) is 13.8 Å². The first-order valence-corrected chi connectivity index (χ1v) is 9.67. The average Bonchev–Trinajstić information content (AvgIpc) is 2.86. The van der Waals surface area contributed by atoms with Crippen LogP contribution < -0.4 is 4.90 Å². The zero-order valence-electron chi connectivity index (χ0n) is 13.3. The number of sulfone groups is 1. The molecule has 0 saturated carbocycles. The number of nitrogens with zero attached hydrogens (tertiary/aromatic N) is 3. The molecule has 0 fully saturated rings. The number of hydrogen-bond acceptors (Lipinski definition) is 6. The van der Waals surface area contributed by atoms with Gasteiger partial charge in [-0.2, -0.15) is 0 Å². The fourth-order valence-electron chi connectivity index (χ4n) is 2.00. The van der Waals surface area contributed by atoms with Crippen molar-refractivity contribution in [1.29, 1.82) is 0 Å². The van der Waals surface area contributed by atoms with E-state index < -0.39 is 14.6 Å². The van der Waals surface area contributed by atoms with Gasteiger partial charge in [0.1, 0.15) is 5.01 Å². The van der Waals surface area contributed by atoms with E-state index in [0.29, 0.717) is 6.54 Å². The van der Waals surface area contributed by atoms with Crippen LogP contribution in [0.2, 0.25) is 0 Å². The molecule has 0 radical (unpaired) electrons. The minimum atomic E-state index is -3.13. The highest BCUT2D eigenvalue weighted by Gasteiger charge is 2.32. The van der Waals surface area contributed by atoms with E-state index in [9.17, 15) is 8.42 Å². The summed E-state index contributed by atoms with van der Waals surface area (Å²) in [5.74, 6) is 0. The van der Waals surface area contributed by atoms with Gasteiger partial charge in [0.05, 0.1) is 4.75 Å². The summed E-state index contributed by atoms with van der Waals surface area (Å²) in [6.45, 7) is 3.83. The lowest BCUT2D eigenvalue weighted by atomic mass is 10.2. The third-order valence-electron chi connectivity index (χ3n) is 3.60. The molecule has 1 aromatic carbocycles. The second-order valence-electron chi connectivity index (χ2n) is 6.03. The summed E-state index contributed by atoms with van der Waals surface area (Å²) in [6, 6.07) is 10.1. The molecule has 2 aromatic rings. The Hall–Kier alpha value is -1.47. The second kappa shape index (κ2) is 6.34. The molecule has 0 N–H and O–H groups in total. The minimum absolute atomic E-state index is 0.381. The lowest BCUT2D eigenvalue weighted by molar-refractivity contribution is 0.550. The molecule has 0 unspecified atom stereocenters. The van der Waals surface area contributed by atoms with Crippen molar-refractivity contribution in [3.05, 3.63) is 40.9 Å². The summed E-state index contributed by atoms with van der Waals surface area (Å²) in [4.78, 5) is 1.85. The quantitative estimate of drug-likeness (QED) is 0.808. The molecule has 0 atom stereocenters. The van der Waals surface area contributed by atoms with Crippen LogP contribution in [0.5, 0.6) is 0 Å². The Morgan fingerprint density at radius 1 is 1.18 bits per heavy atom. The van der Waals surface area contributed by atoms with Crippen molar-refractivity contribution in [3.63, 3.8) is 0 Å². The maximum absolute atomic E-state index is 11.8. The molecule has 0 aliphatic heterocycles. The molecule has 0 aliphatic rings. The maximum atomic E-state index is 11.8. The first-order chi connectivity index (χ1) is 10.2. The summed E-state index contributed by atoms with van der Waals surface area (Å²) in [6.07, 6.45) is 2.00. The highest BCUT2D eigenvalue weighted by atomic mass is 32.2. The standard InChI is InChI=1S/C15H21N3O2S2/c1-15(2,22(4,19)20)11-18(3)14-17-16-13(21-14)10-12-8-6-5-7-9-12/h5-9H,10-11H2,1-4H3. The first-order valence-electron chi connectivity index (χ1n) is 6.96. The van der Waals surface area contributed by atoms with Crippen LogP contribution in [0.25, 0.3) is 0 Å². The summed E-state index contributed by atoms with van der Waals surface area (Å²) in [7, 11) is -1.29. The molecule has 1 aromatic heterocycles. The number of hydrogen-bond donors (Lipinski definition) is 0. The topological polar surface area (TPSA) is 63.2 Å². The van der Waals surface area contributed by atoms with E-state index in [2.05, 4.69) is 22.3 Å². The summed E-state index contributed by atoms with van der Waals surface area (Å²) >= 11 is 1.50. The van der Waals surface area contributed by atoms with Crippen LogP contribution in [0.3, 0.4) is 0 Å². The lowest BCUT2D eigenvalue weighted by Crippen LogP contribution is -2.42. The number of anilines is 1. The van der Waals surface area contributed by atoms with Crippen molar-refractivity contribution in [2.75, 3.05) is 24.7 Å². The van der Waals surface area contributed by atoms with E-state index in [4.69, 9.17) is 0 Å². The Morgan fingerprint density at radius 2 is 1.82 bits per heavy atom. The van der Waals surface area contributed by atoms with Crippen LogP contribution >= 0.6 is 11.3 Å². The Morgan fingerprint density at radius 3 is 2.41 bits per heavy atom. The third kappa shape index (κ3) is 4.04. The Balaban J connectivity index is 2.08. The zero-order valence-corrected chi connectivity index (χ0v) is 14.9. The lowest BCUT2D eigenvalue weighted by Gasteiger charge is -2.28. The molecule has 22 heavy (non-hydrogen) atoms. The Kier molecular flexibility index (Phi) is 4.87. The summed E-state index contributed by atoms with van der Waals surface area (Å²) in [5, 5.41) is 10.0. The molecule has 2 rings (SSSR count). The fourth-order valence-corrected chi connectivity index (χ4v) is 3.26. The van der Waals surface area contributed by atoms with E-state index in [0.717, 1.165) is 16.6 Å². The minimum Gasteiger partial charge on any atom is -0.348 e. The van der Waals surface area contributed by atoms with Gasteiger partial charge in [0.2, 0.25) is 5.13 Å². The number of rotatable bonds is 6. The molecule has 5 nitrogen and oxygen atoms in total. The maximum Gasteiger partial charge on any atom is 0.208 e. The van der Waals surface area contributed by atoms with Crippen molar-refractivity contribution in [1.82, 2.24) is 10.2 Å². The average molecular weight is 339 g/mol. The number of benzene rings is 1. The Labute approximate surface area is 135 Å². The van der Waals surface area contributed by atoms with Crippen LogP contribution in [0.4, 0.5) is 5.13 Å². The summed E-state index contributed by atoms with van der Waals surface area (Å²) < 4.78 is 22.8. The fraction of sp³-hybridized carbons (Fsp3) is 0.467. The SMILES string of the molecule is CN(CC(C)(C)S(C)(=O)=O)c1nnc(Cc2ccccc2)s1. The largest absolute Gasteiger partial charge is 0.348 e. The molecule has 0 bridgehead atoms. The molecular formula is C15H21N3O2S2. The predicted molar refractivity (Wildman–Crippen MR) is 91.3 cm³/mol. The predicted octanol–water partition coefficient (Wildman–Crippen LogP) is 2.39. The van der Waals surface area contributed by atoms with Crippen LogP contribution in [0, 0.1) is 0 Å². The molecule has 0 saturated heterocycles. The van der Waals surface area contributed by atoms with Gasteiger partial charge in [0, 0.05) is 26.3 Å². The van der Waals surface area contributed by atoms with Crippen LogP contribution in [0.15, 0.2) is 30.3 Å². The van der Waals surface area contributed by atoms with Gasteiger partial charge in [-0.1, -0.05) is 41.7 Å². The molecule has 120 valence electrons. The van der Waals surface area contributed by atoms with Crippen molar-refractivity contribution in [2.24, 2.45) is 0 Å². The zero-order chi connectivity index (χ0) is 16.4. The smallest absolute Gasteiger partial charge is 0.208 e. The third-order valence-corrected chi connectivity index (χ3v) is 6.78. The van der Waals surface area contributed by atoms with Crippen LogP contribution in [0.1, 0.15) is 24.4 Å². The molecule has 0 spiro atoms. The van der Waals surface area contributed by atoms with Gasteiger partial charge in [0.25, 0.3) is 0 Å². The van der Waals surface area contributed by atoms with Gasteiger partial charge in [-0.25, -0.2) is 8.42 Å². The molecule has 0 amide bonds. The van der Waals surface area contributed by atoms with E-state index in [-0.39, 0.29) is 0 Å². The van der Waals surface area contributed by atoms with Gasteiger partial charge in [-0.3, -0.25) is 0 Å². The first kappa shape index (κ1) is 16.9. The Bertz CT molecular complexity index is 724. The van der Waals surface area contributed by atoms with Crippen molar-refractivity contribution in [2.45, 2.75) is 25.0 Å². The van der Waals surface area contributed by atoms with Gasteiger partial charge >= 0.3 is 0 Å². The van der Waals surface area contributed by atoms with Gasteiger partial charge in [-0.15, -0.1) is 10.2 Å². The molecular weight excluding hydrogens is 318 g/mol. The second-order valence-corrected chi connectivity index (χ2v) is 9.72. The van der Waals surface area contributed by atoms with Crippen molar-refractivity contribution >= 4 is 26.3 Å². The van der Waals surface area contributed by atoms with Crippen molar-refractivity contribution in [3.8, 4) is 0 Å². The van der Waals surface area contributed by atoms with E-state index in [1.807, 2.05) is 30.1 Å². The van der Waals surface area contributed by atoms with E-state index >= 15 is 0 Å². The normalized spacial score (nSPS) is 12.4. The molecule has 7 heteroatoms. The highest BCUT2D eigenvalue weighted by molar-refractivity contribution is 7.92. The van der Waals surface area contributed by atoms with Gasteiger partial charge in [-0.05, 0) is 19.4 Å². The van der Waals surface area contributed by atoms with Crippen LogP contribution in [-0.4, -0.2) is 43.2 Å². The van der Waals surface area contributed by atoms with Crippen molar-refractivity contribution < 1.29 is 8.42 Å². The number of aromatic nitrogens is 2. The van der Waals surface area contributed by atoms with E-state index in [1.165, 1.54) is 23.2 Å². The summed E-state index contributed by atoms with van der Waals surface area (Å²) in [5.41, 5.74) is 1.18. The van der Waals surface area contributed by atoms with Gasteiger partial charge < -0.3 is 4.90 Å². The highest BCUT2D eigenvalue weighted by Crippen LogP contribution is 2.25. The van der Waals surface area contributed by atoms with Gasteiger partial charge in [0.15, 0.2) is 9.84 Å². The van der Waals surface area contributed by atoms with Crippen LogP contribution in [-0.2, 0) is 16.3 Å². The monoisotopic (exact) mass is 339 g/mol. The molecule has 1 heterocycles.